The minimum absolute atomic E-state index is 0.239. The Bertz CT molecular complexity index is 437. The summed E-state index contributed by atoms with van der Waals surface area (Å²) in [6, 6.07) is 0. The Labute approximate surface area is 145 Å². The SMILES string of the molecule is CCCCC[C@H](O)/C=C\[C@@H]1[C@@H](C/C=C\CCCC(=O)O)[C@@H]2C[C@@H]1O2. The maximum atomic E-state index is 10.5. The molecule has 2 N–H and O–H groups in total. The highest BCUT2D eigenvalue weighted by atomic mass is 16.5. The predicted octanol–water partition coefficient (Wildman–Crippen LogP) is 4.09. The molecule has 4 nitrogen and oxygen atoms in total. The number of aliphatic hydroxyl groups excluding tert-OH is 1. The molecule has 0 aromatic heterocycles. The van der Waals surface area contributed by atoms with Gasteiger partial charge in [-0.25, -0.2) is 0 Å². The first-order valence-electron chi connectivity index (χ1n) is 9.50. The molecule has 0 radical (unpaired) electrons. The maximum Gasteiger partial charge on any atom is 0.303 e. The second kappa shape index (κ2) is 10.00. The molecule has 2 saturated heterocycles. The van der Waals surface area contributed by atoms with Crippen LogP contribution in [0, 0.1) is 11.8 Å². The zero-order valence-corrected chi connectivity index (χ0v) is 14.8. The van der Waals surface area contributed by atoms with Gasteiger partial charge in [0.25, 0.3) is 0 Å². The van der Waals surface area contributed by atoms with E-state index in [4.69, 9.17) is 9.84 Å². The van der Waals surface area contributed by atoms with E-state index in [0.29, 0.717) is 30.5 Å². The molecule has 0 unspecified atom stereocenters. The third-order valence-corrected chi connectivity index (χ3v) is 5.21. The van der Waals surface area contributed by atoms with Crippen LogP contribution in [0.1, 0.15) is 64.7 Å². The third kappa shape index (κ3) is 5.75. The number of aliphatic carboxylic acids is 1. The van der Waals surface area contributed by atoms with Crippen LogP contribution in [0.5, 0.6) is 0 Å². The Morgan fingerprint density at radius 3 is 2.75 bits per heavy atom. The Morgan fingerprint density at radius 1 is 1.25 bits per heavy atom. The summed E-state index contributed by atoms with van der Waals surface area (Å²) in [5.74, 6) is 0.195. The molecule has 3 fully saturated rings. The van der Waals surface area contributed by atoms with E-state index in [1.807, 2.05) is 6.08 Å². The van der Waals surface area contributed by atoms with Crippen molar-refractivity contribution in [3.05, 3.63) is 24.3 Å². The Morgan fingerprint density at radius 2 is 2.04 bits per heavy atom. The quantitative estimate of drug-likeness (QED) is 0.416. The molecule has 4 heteroatoms. The molecule has 24 heavy (non-hydrogen) atoms. The van der Waals surface area contributed by atoms with Crippen LogP contribution in [0.3, 0.4) is 0 Å². The zero-order valence-electron chi connectivity index (χ0n) is 14.8. The number of carbonyl (C=O) groups is 1. The largest absolute Gasteiger partial charge is 0.481 e. The molecule has 5 atom stereocenters. The molecule has 1 aliphatic carbocycles. The summed E-state index contributed by atoms with van der Waals surface area (Å²) in [6.45, 7) is 2.17. The normalized spacial score (nSPS) is 30.1. The van der Waals surface area contributed by atoms with Gasteiger partial charge in [0.05, 0.1) is 18.3 Å². The summed E-state index contributed by atoms with van der Waals surface area (Å²) in [5, 5.41) is 18.7. The van der Waals surface area contributed by atoms with Gasteiger partial charge in [-0.2, -0.15) is 0 Å². The number of carboxylic acids is 1. The number of hydrogen-bond donors (Lipinski definition) is 2. The first-order chi connectivity index (χ1) is 11.6. The average Bonchev–Trinajstić information content (AvgIpc) is 3.01. The van der Waals surface area contributed by atoms with Crippen molar-refractivity contribution < 1.29 is 19.7 Å². The van der Waals surface area contributed by atoms with Gasteiger partial charge < -0.3 is 14.9 Å². The lowest BCUT2D eigenvalue weighted by Gasteiger charge is -2.25. The van der Waals surface area contributed by atoms with Crippen LogP contribution in [-0.2, 0) is 9.53 Å². The van der Waals surface area contributed by atoms with Gasteiger partial charge in [0.2, 0.25) is 0 Å². The van der Waals surface area contributed by atoms with Gasteiger partial charge in [0.15, 0.2) is 0 Å². The number of fused-ring (bicyclic) bond motifs is 1. The van der Waals surface area contributed by atoms with E-state index in [0.717, 1.165) is 32.1 Å². The van der Waals surface area contributed by atoms with Crippen LogP contribution >= 0.6 is 0 Å². The summed E-state index contributed by atoms with van der Waals surface area (Å²) in [5.41, 5.74) is 0. The second-order valence-electron chi connectivity index (χ2n) is 7.13. The minimum atomic E-state index is -0.726. The third-order valence-electron chi connectivity index (χ3n) is 5.21. The number of allylic oxidation sites excluding steroid dienone is 2. The van der Waals surface area contributed by atoms with Gasteiger partial charge >= 0.3 is 5.97 Å². The van der Waals surface area contributed by atoms with E-state index < -0.39 is 5.97 Å². The number of rotatable bonds is 12. The summed E-state index contributed by atoms with van der Waals surface area (Å²) >= 11 is 0. The van der Waals surface area contributed by atoms with Gasteiger partial charge in [-0.1, -0.05) is 50.5 Å². The summed E-state index contributed by atoms with van der Waals surface area (Å²) in [6.07, 6.45) is 17.0. The molecule has 2 bridgehead atoms. The fourth-order valence-corrected chi connectivity index (χ4v) is 3.76. The number of unbranched alkanes of at least 4 members (excludes halogenated alkanes) is 3. The molecule has 0 amide bonds. The lowest BCUT2D eigenvalue weighted by Crippen LogP contribution is -2.29. The Kier molecular flexibility index (Phi) is 8.00. The van der Waals surface area contributed by atoms with Gasteiger partial charge in [-0.3, -0.25) is 4.79 Å². The van der Waals surface area contributed by atoms with Crippen LogP contribution in [0.25, 0.3) is 0 Å². The van der Waals surface area contributed by atoms with Gasteiger partial charge in [0.1, 0.15) is 0 Å². The molecule has 3 rings (SSSR count). The van der Waals surface area contributed by atoms with Crippen molar-refractivity contribution in [2.45, 2.75) is 83.0 Å². The smallest absolute Gasteiger partial charge is 0.303 e. The van der Waals surface area contributed by atoms with Gasteiger partial charge in [-0.15, -0.1) is 0 Å². The summed E-state index contributed by atoms with van der Waals surface area (Å²) < 4.78 is 5.87. The molecular weight excluding hydrogens is 304 g/mol. The predicted molar refractivity (Wildman–Crippen MR) is 94.8 cm³/mol. The van der Waals surface area contributed by atoms with E-state index in [9.17, 15) is 9.90 Å². The lowest BCUT2D eigenvalue weighted by molar-refractivity contribution is -0.137. The van der Waals surface area contributed by atoms with Crippen molar-refractivity contribution in [1.29, 1.82) is 0 Å². The van der Waals surface area contributed by atoms with E-state index in [2.05, 4.69) is 25.2 Å². The summed E-state index contributed by atoms with van der Waals surface area (Å²) in [4.78, 5) is 10.5. The van der Waals surface area contributed by atoms with Crippen LogP contribution in [0.15, 0.2) is 24.3 Å². The maximum absolute atomic E-state index is 10.5. The topological polar surface area (TPSA) is 66.8 Å². The van der Waals surface area contributed by atoms with Crippen molar-refractivity contribution in [3.63, 3.8) is 0 Å². The monoisotopic (exact) mass is 336 g/mol. The van der Waals surface area contributed by atoms with E-state index in [-0.39, 0.29) is 12.5 Å². The molecule has 0 aromatic carbocycles. The highest BCUT2D eigenvalue weighted by molar-refractivity contribution is 5.66. The zero-order chi connectivity index (χ0) is 17.4. The average molecular weight is 336 g/mol. The highest BCUT2D eigenvalue weighted by Gasteiger charge is 2.51. The Hall–Kier alpha value is -1.13. The number of ether oxygens (including phenoxy) is 1. The van der Waals surface area contributed by atoms with Crippen molar-refractivity contribution in [2.75, 3.05) is 0 Å². The molecule has 136 valence electrons. The Balaban J connectivity index is 1.72. The first kappa shape index (κ1) is 19.2. The van der Waals surface area contributed by atoms with E-state index >= 15 is 0 Å². The molecule has 1 saturated carbocycles. The fraction of sp³-hybridized carbons (Fsp3) is 0.750. The van der Waals surface area contributed by atoms with Crippen molar-refractivity contribution in [2.24, 2.45) is 11.8 Å². The van der Waals surface area contributed by atoms with E-state index in [1.54, 1.807) is 0 Å². The molecule has 2 aliphatic heterocycles. The minimum Gasteiger partial charge on any atom is -0.481 e. The molecule has 0 aromatic rings. The van der Waals surface area contributed by atoms with Crippen LogP contribution in [0.4, 0.5) is 0 Å². The summed E-state index contributed by atoms with van der Waals surface area (Å²) in [7, 11) is 0. The molecular formula is C20H32O4. The number of aliphatic hydroxyl groups is 1. The lowest BCUT2D eigenvalue weighted by atomic mass is 9.91. The van der Waals surface area contributed by atoms with Crippen molar-refractivity contribution >= 4 is 5.97 Å². The molecule has 2 heterocycles. The fourth-order valence-electron chi connectivity index (χ4n) is 3.76. The van der Waals surface area contributed by atoms with Gasteiger partial charge in [0, 0.05) is 18.8 Å². The van der Waals surface area contributed by atoms with Crippen LogP contribution in [-0.4, -0.2) is 34.5 Å². The number of carboxylic acid groups (broad SMARTS) is 1. The standard InChI is InChI=1S/C20H32O4/c1-2-3-6-9-15(21)12-13-17-16(18-14-19(17)24-18)10-7-4-5-8-11-20(22)23/h4,7,12-13,15-19,21H,2-3,5-6,8-11,14H2,1H3,(H,22,23)/b7-4-,13-12-/t15-,16+,17+,18-,19-/m0/s1. The van der Waals surface area contributed by atoms with Crippen LogP contribution in [0.2, 0.25) is 0 Å². The molecule has 3 aliphatic rings. The van der Waals surface area contributed by atoms with Crippen LogP contribution < -0.4 is 0 Å². The first-order valence-corrected chi connectivity index (χ1v) is 9.50. The van der Waals surface area contributed by atoms with Crippen molar-refractivity contribution in [3.8, 4) is 0 Å². The van der Waals surface area contributed by atoms with E-state index in [1.165, 1.54) is 12.8 Å². The molecule has 0 spiro atoms. The van der Waals surface area contributed by atoms with Gasteiger partial charge in [-0.05, 0) is 31.6 Å². The highest BCUT2D eigenvalue weighted by Crippen LogP contribution is 2.48. The number of hydrogen-bond acceptors (Lipinski definition) is 3. The second-order valence-corrected chi connectivity index (χ2v) is 7.13. The van der Waals surface area contributed by atoms with Crippen molar-refractivity contribution in [1.82, 2.24) is 0 Å².